The van der Waals surface area contributed by atoms with Crippen molar-refractivity contribution in [1.29, 1.82) is 0 Å². The Morgan fingerprint density at radius 2 is 1.87 bits per heavy atom. The van der Waals surface area contributed by atoms with Gasteiger partial charge in [0.15, 0.2) is 0 Å². The first-order chi connectivity index (χ1) is 15.0. The minimum absolute atomic E-state index is 0.270. The highest BCUT2D eigenvalue weighted by Gasteiger charge is 2.18. The highest BCUT2D eigenvalue weighted by molar-refractivity contribution is 6.31. The molecule has 7 heteroatoms. The predicted octanol–water partition coefficient (Wildman–Crippen LogP) is 4.81. The lowest BCUT2D eigenvalue weighted by Gasteiger charge is -2.22. The fraction of sp³-hybridized carbons (Fsp3) is 0.417. The number of halogens is 1. The Morgan fingerprint density at radius 1 is 1.16 bits per heavy atom. The van der Waals surface area contributed by atoms with Gasteiger partial charge >= 0.3 is 5.97 Å². The molecular weight excluding hydrogens is 418 g/mol. The molecule has 0 saturated carbocycles. The molecule has 0 radical (unpaired) electrons. The third kappa shape index (κ3) is 6.45. The van der Waals surface area contributed by atoms with E-state index in [1.54, 1.807) is 42.5 Å². The van der Waals surface area contributed by atoms with Crippen LogP contribution in [0.1, 0.15) is 58.5 Å². The van der Waals surface area contributed by atoms with Crippen molar-refractivity contribution >= 4 is 23.5 Å². The molecule has 1 amide bonds. The molecule has 1 aliphatic heterocycles. The number of rotatable bonds is 8. The van der Waals surface area contributed by atoms with Crippen LogP contribution in [-0.2, 0) is 9.47 Å². The van der Waals surface area contributed by atoms with Gasteiger partial charge in [-0.25, -0.2) is 4.79 Å². The summed E-state index contributed by atoms with van der Waals surface area (Å²) in [6, 6.07) is 11.7. The second-order valence-corrected chi connectivity index (χ2v) is 8.08. The van der Waals surface area contributed by atoms with Crippen LogP contribution in [0.5, 0.6) is 5.75 Å². The van der Waals surface area contributed by atoms with Gasteiger partial charge in [0.25, 0.3) is 5.91 Å². The van der Waals surface area contributed by atoms with Gasteiger partial charge in [0.2, 0.25) is 0 Å². The molecule has 0 aliphatic carbocycles. The SMILES string of the molecule is COC(=O)c1ccc([C@H](C)NC(=O)c2cc(Cl)ccc2OCCC2CCOCC2)cc1. The van der Waals surface area contributed by atoms with E-state index < -0.39 is 5.97 Å². The molecule has 2 aromatic carbocycles. The smallest absolute Gasteiger partial charge is 0.337 e. The molecule has 1 N–H and O–H groups in total. The molecule has 31 heavy (non-hydrogen) atoms. The predicted molar refractivity (Wildman–Crippen MR) is 119 cm³/mol. The summed E-state index contributed by atoms with van der Waals surface area (Å²) in [5.74, 6) is 0.436. The number of ether oxygens (including phenoxy) is 3. The number of hydrogen-bond donors (Lipinski definition) is 1. The Balaban J connectivity index is 1.63. The van der Waals surface area contributed by atoms with Gasteiger partial charge < -0.3 is 19.5 Å². The van der Waals surface area contributed by atoms with Crippen LogP contribution in [0, 0.1) is 5.92 Å². The minimum atomic E-state index is -0.398. The van der Waals surface area contributed by atoms with Crippen molar-refractivity contribution in [2.45, 2.75) is 32.2 Å². The van der Waals surface area contributed by atoms with Crippen molar-refractivity contribution < 1.29 is 23.8 Å². The van der Waals surface area contributed by atoms with Crippen molar-refractivity contribution in [3.63, 3.8) is 0 Å². The molecule has 1 aliphatic rings. The molecule has 0 unspecified atom stereocenters. The molecule has 0 bridgehead atoms. The van der Waals surface area contributed by atoms with E-state index in [4.69, 9.17) is 25.8 Å². The maximum atomic E-state index is 12.9. The number of hydrogen-bond acceptors (Lipinski definition) is 5. The van der Waals surface area contributed by atoms with E-state index in [2.05, 4.69) is 5.32 Å². The molecule has 1 heterocycles. The Kier molecular flexibility index (Phi) is 8.32. The fourth-order valence-corrected chi connectivity index (χ4v) is 3.73. The number of esters is 1. The number of carbonyl (C=O) groups excluding carboxylic acids is 2. The van der Waals surface area contributed by atoms with Crippen LogP contribution >= 0.6 is 11.6 Å². The standard InChI is InChI=1S/C24H28ClNO5/c1-16(18-3-5-19(6-4-18)24(28)29-2)26-23(27)21-15-20(25)7-8-22(21)31-14-11-17-9-12-30-13-10-17/h3-8,15-17H,9-14H2,1-2H3,(H,26,27)/t16-/m0/s1. The number of carbonyl (C=O) groups is 2. The lowest BCUT2D eigenvalue weighted by atomic mass is 9.97. The summed E-state index contributed by atoms with van der Waals surface area (Å²) in [7, 11) is 1.34. The molecule has 2 aromatic rings. The van der Waals surface area contributed by atoms with Gasteiger partial charge in [-0.1, -0.05) is 23.7 Å². The summed E-state index contributed by atoms with van der Waals surface area (Å²) >= 11 is 6.14. The average Bonchev–Trinajstić information content (AvgIpc) is 2.80. The number of benzene rings is 2. The van der Waals surface area contributed by atoms with Gasteiger partial charge in [0, 0.05) is 18.2 Å². The molecule has 0 spiro atoms. The molecule has 6 nitrogen and oxygen atoms in total. The maximum Gasteiger partial charge on any atom is 0.337 e. The van der Waals surface area contributed by atoms with E-state index in [-0.39, 0.29) is 11.9 Å². The van der Waals surface area contributed by atoms with Crippen LogP contribution in [0.15, 0.2) is 42.5 Å². The summed E-state index contributed by atoms with van der Waals surface area (Å²) < 4.78 is 16.1. The van der Waals surface area contributed by atoms with Crippen LogP contribution in [0.25, 0.3) is 0 Å². The normalized spacial score (nSPS) is 15.2. The quantitative estimate of drug-likeness (QED) is 0.590. The molecular formula is C24H28ClNO5. The Bertz CT molecular complexity index is 893. The van der Waals surface area contributed by atoms with E-state index in [1.165, 1.54) is 7.11 Å². The lowest BCUT2D eigenvalue weighted by Crippen LogP contribution is -2.27. The van der Waals surface area contributed by atoms with Gasteiger partial charge in [-0.3, -0.25) is 4.79 Å². The topological polar surface area (TPSA) is 73.9 Å². The first kappa shape index (κ1) is 23.1. The summed E-state index contributed by atoms with van der Waals surface area (Å²) in [5.41, 5.74) is 1.72. The third-order valence-electron chi connectivity index (χ3n) is 5.49. The fourth-order valence-electron chi connectivity index (χ4n) is 3.56. The number of nitrogens with one attached hydrogen (secondary N) is 1. The zero-order chi connectivity index (χ0) is 22.2. The van der Waals surface area contributed by atoms with E-state index in [0.29, 0.717) is 34.4 Å². The van der Waals surface area contributed by atoms with Gasteiger partial charge in [0.1, 0.15) is 5.75 Å². The van der Waals surface area contributed by atoms with Crippen LogP contribution in [-0.4, -0.2) is 38.8 Å². The summed E-state index contributed by atoms with van der Waals surface area (Å²) in [6.07, 6.45) is 3.02. The summed E-state index contributed by atoms with van der Waals surface area (Å²) in [6.45, 7) is 4.02. The van der Waals surface area contributed by atoms with Crippen molar-refractivity contribution in [1.82, 2.24) is 5.32 Å². The summed E-state index contributed by atoms with van der Waals surface area (Å²) in [4.78, 5) is 24.5. The van der Waals surface area contributed by atoms with Gasteiger partial charge in [-0.05, 0) is 68.0 Å². The second-order valence-electron chi connectivity index (χ2n) is 7.64. The van der Waals surface area contributed by atoms with E-state index >= 15 is 0 Å². The van der Waals surface area contributed by atoms with Crippen LogP contribution in [0.2, 0.25) is 5.02 Å². The van der Waals surface area contributed by atoms with Crippen LogP contribution in [0.3, 0.4) is 0 Å². The van der Waals surface area contributed by atoms with Crippen molar-refractivity contribution in [2.24, 2.45) is 5.92 Å². The molecule has 1 fully saturated rings. The van der Waals surface area contributed by atoms with Crippen LogP contribution < -0.4 is 10.1 Å². The van der Waals surface area contributed by atoms with Crippen molar-refractivity contribution in [2.75, 3.05) is 26.9 Å². The number of methoxy groups -OCH3 is 1. The minimum Gasteiger partial charge on any atom is -0.493 e. The first-order valence-corrected chi connectivity index (χ1v) is 10.8. The van der Waals surface area contributed by atoms with E-state index in [9.17, 15) is 9.59 Å². The molecule has 1 atom stereocenters. The van der Waals surface area contributed by atoms with Gasteiger partial charge in [-0.2, -0.15) is 0 Å². The molecule has 3 rings (SSSR count). The average molecular weight is 446 g/mol. The van der Waals surface area contributed by atoms with Gasteiger partial charge in [-0.15, -0.1) is 0 Å². The summed E-state index contributed by atoms with van der Waals surface area (Å²) in [5, 5.41) is 3.44. The molecule has 1 saturated heterocycles. The highest BCUT2D eigenvalue weighted by Crippen LogP contribution is 2.26. The van der Waals surface area contributed by atoms with Crippen LogP contribution in [0.4, 0.5) is 0 Å². The Morgan fingerprint density at radius 3 is 2.55 bits per heavy atom. The van der Waals surface area contributed by atoms with Gasteiger partial charge in [0.05, 0.1) is 30.9 Å². The van der Waals surface area contributed by atoms with E-state index in [1.807, 2.05) is 6.92 Å². The lowest BCUT2D eigenvalue weighted by molar-refractivity contribution is 0.0591. The molecule has 0 aromatic heterocycles. The third-order valence-corrected chi connectivity index (χ3v) is 5.73. The Hall–Kier alpha value is -2.57. The second kappa shape index (κ2) is 11.2. The monoisotopic (exact) mass is 445 g/mol. The maximum absolute atomic E-state index is 12.9. The molecule has 166 valence electrons. The van der Waals surface area contributed by atoms with Crippen molar-refractivity contribution in [3.8, 4) is 5.75 Å². The zero-order valence-electron chi connectivity index (χ0n) is 17.9. The van der Waals surface area contributed by atoms with E-state index in [0.717, 1.165) is 38.0 Å². The largest absolute Gasteiger partial charge is 0.493 e. The number of amides is 1. The zero-order valence-corrected chi connectivity index (χ0v) is 18.6. The van der Waals surface area contributed by atoms with Crippen molar-refractivity contribution in [3.05, 3.63) is 64.2 Å². The Labute approximate surface area is 187 Å². The highest BCUT2D eigenvalue weighted by atomic mass is 35.5. The first-order valence-electron chi connectivity index (χ1n) is 10.5.